The summed E-state index contributed by atoms with van der Waals surface area (Å²) in [6.45, 7) is 3.10. The summed E-state index contributed by atoms with van der Waals surface area (Å²) < 4.78 is 21.3. The van der Waals surface area contributed by atoms with E-state index in [4.69, 9.17) is 22.1 Å². The highest BCUT2D eigenvalue weighted by atomic mass is 35.5. The second kappa shape index (κ2) is 28.9. The van der Waals surface area contributed by atoms with Gasteiger partial charge in [-0.15, -0.1) is 11.8 Å². The van der Waals surface area contributed by atoms with E-state index in [0.717, 1.165) is 53.0 Å². The van der Waals surface area contributed by atoms with Crippen molar-refractivity contribution in [2.45, 2.75) is 65.7 Å². The highest BCUT2D eigenvalue weighted by Gasteiger charge is 2.43. The molecule has 13 aromatic carbocycles. The van der Waals surface area contributed by atoms with Crippen LogP contribution < -0.4 is 20.8 Å². The number of para-hydroxylation sites is 4. The Labute approximate surface area is 582 Å². The molecule has 17 rings (SSSR count). The molecule has 3 aliphatic rings. The number of hydrogen-bond acceptors (Lipinski definition) is 6. The average Bonchev–Trinajstić information content (AvgIpc) is 0.770. The molecule has 0 aliphatic carbocycles. The predicted molar refractivity (Wildman–Crippen MR) is 404 cm³/mol. The summed E-state index contributed by atoms with van der Waals surface area (Å²) in [5.41, 5.74) is 11.0. The molecule has 0 spiro atoms. The third-order valence-corrected chi connectivity index (χ3v) is 28.6. The van der Waals surface area contributed by atoms with Crippen LogP contribution in [0.5, 0.6) is 11.5 Å². The third-order valence-electron chi connectivity index (χ3n) is 16.6. The van der Waals surface area contributed by atoms with Crippen molar-refractivity contribution in [2.24, 2.45) is 5.73 Å². The molecule has 1 amide bonds. The Morgan fingerprint density at radius 2 is 0.823 bits per heavy atom. The number of primary amides is 1. The van der Waals surface area contributed by atoms with Gasteiger partial charge in [0.05, 0.1) is 42.7 Å². The molecule has 0 saturated carbocycles. The fourth-order valence-corrected chi connectivity index (χ4v) is 23.8. The molecule has 1 aromatic heterocycles. The van der Waals surface area contributed by atoms with Gasteiger partial charge in [0.25, 0.3) is 0 Å². The minimum absolute atomic E-state index is 0.140. The van der Waals surface area contributed by atoms with Crippen LogP contribution in [0.2, 0.25) is 5.02 Å². The van der Waals surface area contributed by atoms with Crippen molar-refractivity contribution in [3.05, 3.63) is 342 Å². The third kappa shape index (κ3) is 12.9. The van der Waals surface area contributed by atoms with Gasteiger partial charge in [-0.25, -0.2) is 4.21 Å². The Balaban J connectivity index is 0.000000110. The first kappa shape index (κ1) is 64.0. The first-order valence-electron chi connectivity index (χ1n) is 31.2. The number of hydrogen-bond donors (Lipinski definition) is 1. The molecule has 468 valence electrons. The van der Waals surface area contributed by atoms with Crippen LogP contribution >= 0.6 is 33.8 Å². The molecule has 14 aromatic rings. The van der Waals surface area contributed by atoms with Crippen LogP contribution in [0.1, 0.15) is 17.3 Å². The quantitative estimate of drug-likeness (QED) is 0.0926. The molecule has 0 radical (unpaired) electrons. The maximum atomic E-state index is 13.0. The number of amides is 1. The Morgan fingerprint density at radius 3 is 1.32 bits per heavy atom. The van der Waals surface area contributed by atoms with Crippen molar-refractivity contribution in [3.8, 4) is 27.5 Å². The smallest absolute Gasteiger partial charge is 0.248 e. The molecular formula is C83H63ClN2O4S6+4. The van der Waals surface area contributed by atoms with Crippen LogP contribution in [-0.4, -0.2) is 22.9 Å². The lowest BCUT2D eigenvalue weighted by atomic mass is 10.1. The van der Waals surface area contributed by atoms with E-state index in [2.05, 4.69) is 200 Å². The van der Waals surface area contributed by atoms with Gasteiger partial charge >= 0.3 is 0 Å². The molecule has 0 atom stereocenters. The number of thioether (sulfide) groups is 1. The maximum absolute atomic E-state index is 13.0. The van der Waals surface area contributed by atoms with Gasteiger partial charge in [-0.2, -0.15) is 0 Å². The molecular weight excluding hydrogens is 1320 g/mol. The van der Waals surface area contributed by atoms with Gasteiger partial charge in [-0.1, -0.05) is 139 Å². The van der Waals surface area contributed by atoms with E-state index in [1.807, 2.05) is 140 Å². The van der Waals surface area contributed by atoms with E-state index in [1.54, 1.807) is 11.8 Å². The Morgan fingerprint density at radius 1 is 0.438 bits per heavy atom. The SMILES string of the molecule is CCN1c2ccccc2[S+](c2ccc(C(N)=O)cc2)c2ccccc21.CSc1ccc(-[s+]2c3ccccc3c(=O)c3ccccc32)cc1.Clc1ccc([S+]2c3ccccc3Oc3ccccc32)cc1.O=S1c2ccccc2[S+](c2ccc(-c3ccccc3)cc2)c2ccccc21. The van der Waals surface area contributed by atoms with Crippen LogP contribution in [0.3, 0.4) is 0 Å². The summed E-state index contributed by atoms with van der Waals surface area (Å²) in [5.74, 6) is 1.49. The molecule has 0 bridgehead atoms. The molecule has 0 unspecified atom stereocenters. The van der Waals surface area contributed by atoms with E-state index < -0.39 is 16.7 Å². The lowest BCUT2D eigenvalue weighted by Gasteiger charge is -2.30. The summed E-state index contributed by atoms with van der Waals surface area (Å²) >= 11 is 7.77. The minimum Gasteiger partial charge on any atom is -0.447 e. The molecule has 96 heavy (non-hydrogen) atoms. The Bertz CT molecular complexity index is 5040. The number of ether oxygens (including phenoxy) is 1. The molecule has 4 heterocycles. The van der Waals surface area contributed by atoms with Crippen molar-refractivity contribution in [3.63, 3.8) is 0 Å². The van der Waals surface area contributed by atoms with Crippen molar-refractivity contribution in [1.82, 2.24) is 0 Å². The molecule has 6 nitrogen and oxygen atoms in total. The van der Waals surface area contributed by atoms with Gasteiger partial charge in [0.1, 0.15) is 32.7 Å². The number of carbonyl (C=O) groups is 1. The molecule has 13 heteroatoms. The summed E-state index contributed by atoms with van der Waals surface area (Å²) in [7, 11) is -1.91. The van der Waals surface area contributed by atoms with E-state index >= 15 is 0 Å². The highest BCUT2D eigenvalue weighted by molar-refractivity contribution is 7.99. The van der Waals surface area contributed by atoms with E-state index in [-0.39, 0.29) is 48.6 Å². The zero-order valence-corrected chi connectivity index (χ0v) is 57.9. The highest BCUT2D eigenvalue weighted by Crippen LogP contribution is 2.50. The minimum atomic E-state index is -1.11. The van der Waals surface area contributed by atoms with Crippen molar-refractivity contribution >= 4 is 115 Å². The molecule has 0 saturated heterocycles. The van der Waals surface area contributed by atoms with Gasteiger partial charge in [0, 0.05) is 32.5 Å². The summed E-state index contributed by atoms with van der Waals surface area (Å²) in [6.07, 6.45) is 2.08. The van der Waals surface area contributed by atoms with E-state index in [0.29, 0.717) is 5.56 Å². The Kier molecular flexibility index (Phi) is 19.3. The van der Waals surface area contributed by atoms with Crippen LogP contribution in [0.15, 0.2) is 385 Å². The van der Waals surface area contributed by atoms with Gasteiger partial charge in [0.2, 0.25) is 21.1 Å². The van der Waals surface area contributed by atoms with Crippen molar-refractivity contribution < 1.29 is 13.7 Å². The standard InChI is InChI=1S/C24H17OS2.C21H18N2OS.C20H15OS2.C18H12ClOS/c25-27-23-12-6-4-10-21(23)26(22-11-5-7-13-24(22)27)20-16-14-19(15-17-20)18-8-2-1-3-9-18;1-2-23-17-7-3-5-9-19(17)25(20-10-6-4-8-18(20)23)16-13-11-15(12-14-16)21(22)24;1-22-14-10-12-15(13-11-14)23-18-8-4-2-6-16(18)20(21)17-7-3-5-9-19(17)23;19-13-9-11-14(12-10-13)21-17-7-3-1-5-15(17)20-16-6-2-4-8-18(16)21/h1-17H;3-14H,2H2,1H3,(H-,22,24);2-13H,1H3;1-12H/q+1;;2*+1/p+1. The Hall–Kier alpha value is -9.34. The number of nitrogens with two attached hydrogens (primary N) is 1. The van der Waals surface area contributed by atoms with Gasteiger partial charge < -0.3 is 15.4 Å². The monoisotopic (exact) mass is 1380 g/mol. The zero-order chi connectivity index (χ0) is 65.7. The summed E-state index contributed by atoms with van der Waals surface area (Å²) in [4.78, 5) is 42.0. The first-order valence-corrected chi connectivity index (χ1v) is 38.9. The molecule has 0 fully saturated rings. The number of fused-ring (bicyclic) bond motifs is 8. The summed E-state index contributed by atoms with van der Waals surface area (Å²) in [6, 6.07) is 110. The van der Waals surface area contributed by atoms with Crippen molar-refractivity contribution in [1.29, 1.82) is 0 Å². The lowest BCUT2D eigenvalue weighted by molar-refractivity contribution is 0.1000. The number of benzene rings is 13. The second-order valence-corrected chi connectivity index (χ2v) is 32.9. The predicted octanol–water partition coefficient (Wildman–Crippen LogP) is 21.6. The second-order valence-electron chi connectivity index (χ2n) is 22.3. The van der Waals surface area contributed by atoms with Crippen LogP contribution in [0, 0.1) is 0 Å². The largest absolute Gasteiger partial charge is 0.447 e. The zero-order valence-electron chi connectivity index (χ0n) is 52.3. The number of nitrogens with zero attached hydrogens (tertiary/aromatic N) is 1. The summed E-state index contributed by atoms with van der Waals surface area (Å²) in [5, 5.41) is 2.43. The normalized spacial score (nSPS) is 14.0. The first-order chi connectivity index (χ1) is 47.1. The number of carbonyl (C=O) groups excluding carboxylic acids is 1. The van der Waals surface area contributed by atoms with Gasteiger partial charge in [0.15, 0.2) is 60.1 Å². The lowest BCUT2D eigenvalue weighted by Crippen LogP contribution is -2.26. The number of halogens is 1. The van der Waals surface area contributed by atoms with Crippen LogP contribution in [0.25, 0.3) is 36.2 Å². The number of rotatable bonds is 8. The van der Waals surface area contributed by atoms with Crippen molar-refractivity contribution in [2.75, 3.05) is 17.7 Å². The van der Waals surface area contributed by atoms with Gasteiger partial charge in [-0.3, -0.25) is 9.59 Å². The average molecular weight is 1380 g/mol. The van der Waals surface area contributed by atoms with Gasteiger partial charge in [-0.05, 0) is 218 Å². The fraction of sp³-hybridized carbons (Fsp3) is 0.0361. The van der Waals surface area contributed by atoms with E-state index in [9.17, 15) is 13.8 Å². The molecule has 2 N–H and O–H groups in total. The van der Waals surface area contributed by atoms with E-state index in [1.165, 1.54) is 76.4 Å². The maximum Gasteiger partial charge on any atom is 0.248 e. The topological polar surface area (TPSA) is 89.7 Å². The molecule has 3 aliphatic heterocycles. The fourth-order valence-electron chi connectivity index (χ4n) is 12.1. The van der Waals surface area contributed by atoms with Crippen LogP contribution in [0.4, 0.5) is 11.4 Å². The van der Waals surface area contributed by atoms with Crippen LogP contribution in [-0.2, 0) is 43.5 Å². The number of anilines is 2.